The van der Waals surface area contributed by atoms with Crippen LogP contribution in [0.2, 0.25) is 5.02 Å². The fourth-order valence-corrected chi connectivity index (χ4v) is 2.68. The topological polar surface area (TPSA) is 82.5 Å². The third kappa shape index (κ3) is 5.91. The average Bonchev–Trinajstić information content (AvgIpc) is 3.18. The number of nitrogens with zero attached hydrogens (tertiary/aromatic N) is 2. The van der Waals surface area contributed by atoms with Crippen LogP contribution in [0.4, 0.5) is 5.69 Å². The second-order valence-electron chi connectivity index (χ2n) is 6.18. The van der Waals surface area contributed by atoms with Crippen molar-refractivity contribution >= 4 is 29.0 Å². The van der Waals surface area contributed by atoms with Gasteiger partial charge in [-0.2, -0.15) is 5.10 Å². The van der Waals surface area contributed by atoms with E-state index in [1.54, 1.807) is 72.7 Å². The number of aromatic nitrogens is 2. The molecule has 3 aromatic rings. The number of halogens is 1. The van der Waals surface area contributed by atoms with Crippen LogP contribution in [0.25, 0.3) is 0 Å². The number of carbonyl (C=O) groups is 2. The van der Waals surface area contributed by atoms with Gasteiger partial charge in [0.1, 0.15) is 5.75 Å². The van der Waals surface area contributed by atoms with Crippen LogP contribution in [0.1, 0.15) is 15.9 Å². The van der Waals surface area contributed by atoms with Gasteiger partial charge in [0.2, 0.25) is 0 Å². The molecule has 0 aliphatic carbocycles. The molecule has 0 unspecified atom stereocenters. The van der Waals surface area contributed by atoms with E-state index in [1.165, 1.54) is 0 Å². The van der Waals surface area contributed by atoms with Crippen molar-refractivity contribution in [2.45, 2.75) is 6.54 Å². The monoisotopic (exact) mass is 413 g/mol. The number of hydrogen-bond acceptors (Lipinski definition) is 5. The van der Waals surface area contributed by atoms with Crippen molar-refractivity contribution in [3.8, 4) is 5.75 Å². The molecule has 0 fully saturated rings. The molecule has 2 aromatic carbocycles. The van der Waals surface area contributed by atoms with E-state index in [9.17, 15) is 9.59 Å². The van der Waals surface area contributed by atoms with E-state index in [0.29, 0.717) is 40.7 Å². The van der Waals surface area contributed by atoms with E-state index in [-0.39, 0.29) is 18.3 Å². The third-order valence-electron chi connectivity index (χ3n) is 4.03. The smallest absolute Gasteiger partial charge is 0.262 e. The zero-order valence-electron chi connectivity index (χ0n) is 15.8. The Kier molecular flexibility index (Phi) is 6.99. The van der Waals surface area contributed by atoms with Crippen molar-refractivity contribution in [2.24, 2.45) is 0 Å². The van der Waals surface area contributed by atoms with Gasteiger partial charge in [0.15, 0.2) is 12.4 Å². The van der Waals surface area contributed by atoms with Crippen molar-refractivity contribution in [3.05, 3.63) is 77.1 Å². The Morgan fingerprint density at radius 3 is 2.38 bits per heavy atom. The SMILES string of the molecule is COCCn1cc(NC(=O)COc2ccc(C(=O)c3ccc(Cl)cc3)cc2)cn1. The van der Waals surface area contributed by atoms with Crippen molar-refractivity contribution in [1.29, 1.82) is 0 Å². The molecule has 0 saturated heterocycles. The quantitative estimate of drug-likeness (QED) is 0.543. The summed E-state index contributed by atoms with van der Waals surface area (Å²) >= 11 is 5.85. The van der Waals surface area contributed by atoms with Crippen molar-refractivity contribution in [2.75, 3.05) is 25.6 Å². The first-order valence-electron chi connectivity index (χ1n) is 8.89. The second-order valence-corrected chi connectivity index (χ2v) is 6.62. The van der Waals surface area contributed by atoms with E-state index < -0.39 is 0 Å². The van der Waals surface area contributed by atoms with Gasteiger partial charge in [-0.25, -0.2) is 0 Å². The molecule has 0 atom stereocenters. The number of ketones is 1. The van der Waals surface area contributed by atoms with Gasteiger partial charge in [0, 0.05) is 29.5 Å². The summed E-state index contributed by atoms with van der Waals surface area (Å²) in [5.41, 5.74) is 1.65. The highest BCUT2D eigenvalue weighted by Gasteiger charge is 2.10. The molecule has 0 radical (unpaired) electrons. The fourth-order valence-electron chi connectivity index (χ4n) is 2.55. The number of amides is 1. The van der Waals surface area contributed by atoms with Crippen molar-refractivity contribution < 1.29 is 19.1 Å². The molecule has 0 spiro atoms. The van der Waals surface area contributed by atoms with Gasteiger partial charge in [0.05, 0.1) is 25.0 Å². The Bertz CT molecular complexity index is 968. The Balaban J connectivity index is 1.50. The van der Waals surface area contributed by atoms with Gasteiger partial charge in [-0.1, -0.05) is 11.6 Å². The lowest BCUT2D eigenvalue weighted by molar-refractivity contribution is -0.118. The molecule has 0 aliphatic rings. The summed E-state index contributed by atoms with van der Waals surface area (Å²) < 4.78 is 12.1. The lowest BCUT2D eigenvalue weighted by Crippen LogP contribution is -2.19. The van der Waals surface area contributed by atoms with Crippen LogP contribution >= 0.6 is 11.6 Å². The highest BCUT2D eigenvalue weighted by Crippen LogP contribution is 2.17. The Morgan fingerprint density at radius 1 is 1.07 bits per heavy atom. The second kappa shape index (κ2) is 9.86. The number of anilines is 1. The van der Waals surface area contributed by atoms with Gasteiger partial charge < -0.3 is 14.8 Å². The number of carbonyl (C=O) groups excluding carboxylic acids is 2. The molecule has 8 heteroatoms. The molecular formula is C21H20ClN3O4. The van der Waals surface area contributed by atoms with Crippen molar-refractivity contribution in [1.82, 2.24) is 9.78 Å². The zero-order chi connectivity index (χ0) is 20.6. The summed E-state index contributed by atoms with van der Waals surface area (Å²) in [5.74, 6) is 0.0673. The molecule has 150 valence electrons. The highest BCUT2D eigenvalue weighted by molar-refractivity contribution is 6.30. The molecule has 0 saturated carbocycles. The zero-order valence-corrected chi connectivity index (χ0v) is 16.6. The molecule has 3 rings (SSSR count). The van der Waals surface area contributed by atoms with Crippen LogP contribution in [-0.2, 0) is 16.1 Å². The Labute approximate surface area is 173 Å². The first-order valence-corrected chi connectivity index (χ1v) is 9.27. The van der Waals surface area contributed by atoms with E-state index in [2.05, 4.69) is 10.4 Å². The van der Waals surface area contributed by atoms with Crippen LogP contribution in [-0.4, -0.2) is 41.8 Å². The largest absolute Gasteiger partial charge is 0.484 e. The maximum atomic E-state index is 12.4. The Hall–Kier alpha value is -3.16. The summed E-state index contributed by atoms with van der Waals surface area (Å²) in [5, 5.41) is 7.41. The number of nitrogens with one attached hydrogen (secondary N) is 1. The summed E-state index contributed by atoms with van der Waals surface area (Å²) in [6.45, 7) is 0.979. The van der Waals surface area contributed by atoms with Crippen LogP contribution < -0.4 is 10.1 Å². The van der Waals surface area contributed by atoms with Gasteiger partial charge in [-0.3, -0.25) is 14.3 Å². The predicted octanol–water partition coefficient (Wildman–Crippen LogP) is 3.43. The number of ether oxygens (including phenoxy) is 2. The average molecular weight is 414 g/mol. The standard InChI is InChI=1S/C21H20ClN3O4/c1-28-11-10-25-13-18(12-23-25)24-20(26)14-29-19-8-4-16(5-9-19)21(27)15-2-6-17(22)7-3-15/h2-9,12-13H,10-11,14H2,1H3,(H,24,26). The first-order chi connectivity index (χ1) is 14.0. The normalized spacial score (nSPS) is 10.6. The molecular weight excluding hydrogens is 394 g/mol. The van der Waals surface area contributed by atoms with Crippen molar-refractivity contribution in [3.63, 3.8) is 0 Å². The number of benzene rings is 2. The van der Waals surface area contributed by atoms with Crippen LogP contribution in [0, 0.1) is 0 Å². The molecule has 0 bridgehead atoms. The van der Waals surface area contributed by atoms with E-state index >= 15 is 0 Å². The van der Waals surface area contributed by atoms with Gasteiger partial charge in [-0.05, 0) is 48.5 Å². The van der Waals surface area contributed by atoms with Crippen LogP contribution in [0.5, 0.6) is 5.75 Å². The predicted molar refractivity (Wildman–Crippen MR) is 110 cm³/mol. The van der Waals surface area contributed by atoms with E-state index in [4.69, 9.17) is 21.1 Å². The molecule has 1 aromatic heterocycles. The summed E-state index contributed by atoms with van der Waals surface area (Å²) in [6.07, 6.45) is 3.28. The minimum atomic E-state index is -0.308. The lowest BCUT2D eigenvalue weighted by atomic mass is 10.0. The van der Waals surface area contributed by atoms with Gasteiger partial charge >= 0.3 is 0 Å². The highest BCUT2D eigenvalue weighted by atomic mass is 35.5. The Morgan fingerprint density at radius 2 is 1.72 bits per heavy atom. The first kappa shape index (κ1) is 20.6. The maximum absolute atomic E-state index is 12.4. The summed E-state index contributed by atoms with van der Waals surface area (Å²) in [6, 6.07) is 13.3. The minimum absolute atomic E-state index is 0.114. The maximum Gasteiger partial charge on any atom is 0.262 e. The summed E-state index contributed by atoms with van der Waals surface area (Å²) in [7, 11) is 1.61. The van der Waals surface area contributed by atoms with Gasteiger partial charge in [0.25, 0.3) is 5.91 Å². The summed E-state index contributed by atoms with van der Waals surface area (Å²) in [4.78, 5) is 24.5. The molecule has 29 heavy (non-hydrogen) atoms. The minimum Gasteiger partial charge on any atom is -0.484 e. The molecule has 1 amide bonds. The van der Waals surface area contributed by atoms with Crippen LogP contribution in [0.15, 0.2) is 60.9 Å². The van der Waals surface area contributed by atoms with E-state index in [1.807, 2.05) is 0 Å². The fraction of sp³-hybridized carbons (Fsp3) is 0.190. The van der Waals surface area contributed by atoms with E-state index in [0.717, 1.165) is 0 Å². The molecule has 7 nitrogen and oxygen atoms in total. The van der Waals surface area contributed by atoms with Crippen LogP contribution in [0.3, 0.4) is 0 Å². The third-order valence-corrected chi connectivity index (χ3v) is 4.29. The number of methoxy groups -OCH3 is 1. The molecule has 1 N–H and O–H groups in total. The molecule has 1 heterocycles. The molecule has 0 aliphatic heterocycles. The number of hydrogen-bond donors (Lipinski definition) is 1. The lowest BCUT2D eigenvalue weighted by Gasteiger charge is -2.07. The number of rotatable bonds is 9. The van der Waals surface area contributed by atoms with Gasteiger partial charge in [-0.15, -0.1) is 0 Å².